The van der Waals surface area contributed by atoms with Crippen LogP contribution in [-0.4, -0.2) is 40.4 Å². The summed E-state index contributed by atoms with van der Waals surface area (Å²) in [6, 6.07) is 7.61. The molecule has 0 unspecified atom stereocenters. The fraction of sp³-hybridized carbons (Fsp3) is 0.273. The Labute approximate surface area is 114 Å². The Morgan fingerprint density at radius 2 is 1.58 bits per heavy atom. The summed E-state index contributed by atoms with van der Waals surface area (Å²) in [4.78, 5) is 18.2. The first-order valence-electron chi connectivity index (χ1n) is 5.24. The standard InChI is InChI=1S/C9H13ClN2O.C2H2O4/c10-9-3-1-8(2-4-9)7-12-11-5-6-13;3-1(4)2(5)6/h1-4,11-13H,5-7H2;(H,3,4)(H,5,6). The van der Waals surface area contributed by atoms with E-state index in [9.17, 15) is 0 Å². The van der Waals surface area contributed by atoms with Crippen LogP contribution in [0.15, 0.2) is 24.3 Å². The van der Waals surface area contributed by atoms with Crippen LogP contribution in [0.1, 0.15) is 5.56 Å². The van der Waals surface area contributed by atoms with E-state index in [4.69, 9.17) is 36.5 Å². The highest BCUT2D eigenvalue weighted by Gasteiger charge is 2.04. The van der Waals surface area contributed by atoms with Crippen LogP contribution in [0, 0.1) is 0 Å². The zero-order valence-corrected chi connectivity index (χ0v) is 10.7. The Kier molecular flexibility index (Phi) is 9.37. The number of aliphatic hydroxyl groups excluding tert-OH is 1. The van der Waals surface area contributed by atoms with Crippen molar-refractivity contribution in [2.75, 3.05) is 13.2 Å². The topological polar surface area (TPSA) is 119 Å². The molecule has 1 aromatic carbocycles. The van der Waals surface area contributed by atoms with Crippen LogP contribution < -0.4 is 10.9 Å². The second-order valence-corrected chi connectivity index (χ2v) is 3.68. The van der Waals surface area contributed by atoms with E-state index < -0.39 is 11.9 Å². The highest BCUT2D eigenvalue weighted by molar-refractivity contribution is 6.30. The lowest BCUT2D eigenvalue weighted by atomic mass is 10.2. The molecule has 7 nitrogen and oxygen atoms in total. The zero-order valence-electron chi connectivity index (χ0n) is 9.97. The van der Waals surface area contributed by atoms with Crippen molar-refractivity contribution >= 4 is 23.5 Å². The van der Waals surface area contributed by atoms with Gasteiger partial charge in [-0.2, -0.15) is 0 Å². The summed E-state index contributed by atoms with van der Waals surface area (Å²) in [6.07, 6.45) is 0. The van der Waals surface area contributed by atoms with Crippen molar-refractivity contribution in [2.24, 2.45) is 0 Å². The third kappa shape index (κ3) is 9.98. The molecule has 1 rings (SSSR count). The minimum absolute atomic E-state index is 0.133. The molecule has 106 valence electrons. The number of aliphatic hydroxyl groups is 1. The quantitative estimate of drug-likeness (QED) is 0.296. The maximum Gasteiger partial charge on any atom is 0.414 e. The number of aliphatic carboxylic acids is 2. The van der Waals surface area contributed by atoms with Gasteiger partial charge >= 0.3 is 11.9 Å². The van der Waals surface area contributed by atoms with Crippen LogP contribution in [0.3, 0.4) is 0 Å². The van der Waals surface area contributed by atoms with Gasteiger partial charge in [0.15, 0.2) is 0 Å². The Balaban J connectivity index is 0.000000459. The predicted octanol–water partition coefficient (Wildman–Crippen LogP) is 0.0821. The molecule has 0 radical (unpaired) electrons. The number of halogens is 1. The van der Waals surface area contributed by atoms with Crippen molar-refractivity contribution in [1.29, 1.82) is 0 Å². The van der Waals surface area contributed by atoms with Crippen LogP contribution in [-0.2, 0) is 16.1 Å². The van der Waals surface area contributed by atoms with Crippen molar-refractivity contribution < 1.29 is 24.9 Å². The Bertz CT molecular complexity index is 385. The SMILES string of the molecule is O=C(O)C(=O)O.OCCNNCc1ccc(Cl)cc1. The largest absolute Gasteiger partial charge is 0.473 e. The molecule has 0 atom stereocenters. The molecule has 0 bridgehead atoms. The molecule has 0 saturated carbocycles. The van der Waals surface area contributed by atoms with Crippen LogP contribution >= 0.6 is 11.6 Å². The van der Waals surface area contributed by atoms with Gasteiger partial charge in [0, 0.05) is 18.1 Å². The first-order chi connectivity index (χ1) is 8.97. The summed E-state index contributed by atoms with van der Waals surface area (Å²) in [5, 5.41) is 24.0. The average Bonchev–Trinajstić information content (AvgIpc) is 2.37. The molecule has 0 aliphatic heterocycles. The molecule has 0 spiro atoms. The Morgan fingerprint density at radius 1 is 1.05 bits per heavy atom. The average molecular weight is 291 g/mol. The highest BCUT2D eigenvalue weighted by atomic mass is 35.5. The molecule has 0 fully saturated rings. The lowest BCUT2D eigenvalue weighted by molar-refractivity contribution is -0.159. The van der Waals surface area contributed by atoms with Crippen molar-refractivity contribution in [3.63, 3.8) is 0 Å². The van der Waals surface area contributed by atoms with Gasteiger partial charge in [-0.05, 0) is 17.7 Å². The fourth-order valence-corrected chi connectivity index (χ4v) is 1.04. The normalized spacial score (nSPS) is 9.37. The monoisotopic (exact) mass is 290 g/mol. The van der Waals surface area contributed by atoms with Crippen molar-refractivity contribution in [3.8, 4) is 0 Å². The molecule has 19 heavy (non-hydrogen) atoms. The predicted molar refractivity (Wildman–Crippen MR) is 68.7 cm³/mol. The number of hydrogen-bond donors (Lipinski definition) is 5. The second-order valence-electron chi connectivity index (χ2n) is 3.24. The Hall–Kier alpha value is -1.67. The summed E-state index contributed by atoms with van der Waals surface area (Å²) < 4.78 is 0. The first-order valence-corrected chi connectivity index (χ1v) is 5.62. The number of hydrogen-bond acceptors (Lipinski definition) is 5. The molecule has 8 heteroatoms. The van der Waals surface area contributed by atoms with Crippen molar-refractivity contribution in [1.82, 2.24) is 10.9 Å². The summed E-state index contributed by atoms with van der Waals surface area (Å²) in [5.41, 5.74) is 6.98. The third-order valence-corrected chi connectivity index (χ3v) is 2.00. The van der Waals surface area contributed by atoms with E-state index in [0.29, 0.717) is 6.54 Å². The van der Waals surface area contributed by atoms with Gasteiger partial charge in [0.2, 0.25) is 0 Å². The minimum Gasteiger partial charge on any atom is -0.473 e. The number of benzene rings is 1. The maximum absolute atomic E-state index is 9.10. The molecule has 1 aromatic rings. The lowest BCUT2D eigenvalue weighted by Crippen LogP contribution is -2.33. The van der Waals surface area contributed by atoms with Crippen molar-refractivity contribution in [3.05, 3.63) is 34.9 Å². The fourth-order valence-electron chi connectivity index (χ4n) is 0.911. The van der Waals surface area contributed by atoms with Gasteiger partial charge < -0.3 is 15.3 Å². The number of carbonyl (C=O) groups is 2. The van der Waals surface area contributed by atoms with E-state index in [-0.39, 0.29) is 6.61 Å². The van der Waals surface area contributed by atoms with Crippen molar-refractivity contribution in [2.45, 2.75) is 6.54 Å². The molecule has 0 saturated heterocycles. The zero-order chi connectivity index (χ0) is 14.7. The van der Waals surface area contributed by atoms with Crippen LogP contribution in [0.2, 0.25) is 5.02 Å². The van der Waals surface area contributed by atoms with E-state index in [0.717, 1.165) is 17.1 Å². The maximum atomic E-state index is 9.10. The Morgan fingerprint density at radius 3 is 2.00 bits per heavy atom. The highest BCUT2D eigenvalue weighted by Crippen LogP contribution is 2.08. The van der Waals surface area contributed by atoms with Gasteiger partial charge in [-0.1, -0.05) is 23.7 Å². The molecular formula is C11H15ClN2O5. The molecule has 0 heterocycles. The molecule has 5 N–H and O–H groups in total. The molecule has 0 aromatic heterocycles. The van der Waals surface area contributed by atoms with Crippen LogP contribution in [0.5, 0.6) is 0 Å². The minimum atomic E-state index is -1.82. The molecule has 0 aliphatic carbocycles. The number of carboxylic acids is 2. The second kappa shape index (κ2) is 10.3. The van der Waals surface area contributed by atoms with E-state index in [1.165, 1.54) is 0 Å². The van der Waals surface area contributed by atoms with Crippen LogP contribution in [0.4, 0.5) is 0 Å². The number of carboxylic acid groups (broad SMARTS) is 2. The molecule has 0 amide bonds. The van der Waals surface area contributed by atoms with Gasteiger partial charge in [0.25, 0.3) is 0 Å². The van der Waals surface area contributed by atoms with Gasteiger partial charge in [-0.15, -0.1) is 0 Å². The number of nitrogens with one attached hydrogen (secondary N) is 2. The van der Waals surface area contributed by atoms with Gasteiger partial charge in [-0.3, -0.25) is 10.9 Å². The summed E-state index contributed by atoms with van der Waals surface area (Å²) in [7, 11) is 0. The molecule has 0 aliphatic rings. The number of hydrazine groups is 1. The van der Waals surface area contributed by atoms with Gasteiger partial charge in [0.05, 0.1) is 6.61 Å². The smallest absolute Gasteiger partial charge is 0.414 e. The van der Waals surface area contributed by atoms with E-state index in [1.54, 1.807) is 0 Å². The van der Waals surface area contributed by atoms with E-state index >= 15 is 0 Å². The van der Waals surface area contributed by atoms with Gasteiger partial charge in [-0.25, -0.2) is 9.59 Å². The summed E-state index contributed by atoms with van der Waals surface area (Å²) in [6.45, 7) is 1.40. The lowest BCUT2D eigenvalue weighted by Gasteiger charge is -2.05. The first kappa shape index (κ1) is 17.3. The van der Waals surface area contributed by atoms with E-state index in [1.807, 2.05) is 24.3 Å². The van der Waals surface area contributed by atoms with Crippen LogP contribution in [0.25, 0.3) is 0 Å². The van der Waals surface area contributed by atoms with E-state index in [2.05, 4.69) is 10.9 Å². The molecular weight excluding hydrogens is 276 g/mol. The third-order valence-electron chi connectivity index (χ3n) is 1.75. The number of rotatable bonds is 5. The summed E-state index contributed by atoms with van der Waals surface area (Å²) in [5.74, 6) is -3.65. The summed E-state index contributed by atoms with van der Waals surface area (Å²) >= 11 is 5.73. The van der Waals surface area contributed by atoms with Gasteiger partial charge in [0.1, 0.15) is 0 Å².